The molecule has 0 saturated carbocycles. The van der Waals surface area contributed by atoms with Crippen molar-refractivity contribution >= 4 is 21.6 Å². The Morgan fingerprint density at radius 1 is 1.03 bits per heavy atom. The fraction of sp³-hybridized carbons (Fsp3) is 0.480. The van der Waals surface area contributed by atoms with Crippen LogP contribution in [0.15, 0.2) is 47.4 Å². The first-order valence-electron chi connectivity index (χ1n) is 11.4. The van der Waals surface area contributed by atoms with Crippen LogP contribution in [0.2, 0.25) is 0 Å². The van der Waals surface area contributed by atoms with Gasteiger partial charge in [-0.3, -0.25) is 4.79 Å². The molecule has 2 aliphatic rings. The molecular formula is C25H32N2O4S. The number of hydrogen-bond donors (Lipinski definition) is 0. The summed E-state index contributed by atoms with van der Waals surface area (Å²) >= 11 is 0. The Labute approximate surface area is 191 Å². The van der Waals surface area contributed by atoms with Crippen molar-refractivity contribution in [1.29, 1.82) is 0 Å². The first-order valence-corrected chi connectivity index (χ1v) is 12.8. The van der Waals surface area contributed by atoms with Crippen molar-refractivity contribution in [3.63, 3.8) is 0 Å². The molecule has 0 bridgehead atoms. The van der Waals surface area contributed by atoms with Gasteiger partial charge in [0.25, 0.3) is 0 Å². The van der Waals surface area contributed by atoms with Crippen LogP contribution in [0, 0.1) is 5.92 Å². The average Bonchev–Trinajstić information content (AvgIpc) is 2.83. The number of carbonyl (C=O) groups is 1. The topological polar surface area (TPSA) is 66.9 Å². The van der Waals surface area contributed by atoms with Gasteiger partial charge in [-0.15, -0.1) is 0 Å². The second kappa shape index (κ2) is 9.24. The minimum absolute atomic E-state index is 0.0776. The zero-order chi connectivity index (χ0) is 22.9. The molecule has 0 N–H and O–H groups in total. The number of ether oxygens (including phenoxy) is 1. The Morgan fingerprint density at radius 2 is 1.72 bits per heavy atom. The monoisotopic (exact) mass is 456 g/mol. The molecule has 2 aromatic carbocycles. The van der Waals surface area contributed by atoms with Crippen molar-refractivity contribution in [2.75, 3.05) is 31.6 Å². The Kier molecular flexibility index (Phi) is 6.58. The number of nitrogens with zero attached hydrogens (tertiary/aromatic N) is 2. The van der Waals surface area contributed by atoms with E-state index in [1.165, 1.54) is 4.31 Å². The van der Waals surface area contributed by atoms with Crippen molar-refractivity contribution < 1.29 is 17.9 Å². The molecule has 172 valence electrons. The van der Waals surface area contributed by atoms with Crippen molar-refractivity contribution in [3.05, 3.63) is 53.6 Å². The number of methoxy groups -OCH3 is 1. The number of carbonyl (C=O) groups excluding carboxylic acids is 1. The number of piperidine rings is 1. The van der Waals surface area contributed by atoms with Crippen LogP contribution < -0.4 is 9.64 Å². The van der Waals surface area contributed by atoms with Crippen molar-refractivity contribution in [2.24, 2.45) is 5.92 Å². The number of fused-ring (bicyclic) bond motifs is 1. The molecule has 6 nitrogen and oxygen atoms in total. The lowest BCUT2D eigenvalue weighted by Crippen LogP contribution is -2.45. The Bertz CT molecular complexity index is 1060. The van der Waals surface area contributed by atoms with Gasteiger partial charge in [0, 0.05) is 25.6 Å². The van der Waals surface area contributed by atoms with E-state index in [0.717, 1.165) is 35.4 Å². The number of anilines is 1. The van der Waals surface area contributed by atoms with Gasteiger partial charge in [0.1, 0.15) is 5.75 Å². The number of benzene rings is 2. The lowest BCUT2D eigenvalue weighted by atomic mass is 9.93. The number of aryl methyl sites for hydroxylation is 1. The predicted octanol–water partition coefficient (Wildman–Crippen LogP) is 4.20. The predicted molar refractivity (Wildman–Crippen MR) is 126 cm³/mol. The molecule has 0 unspecified atom stereocenters. The molecule has 2 aliphatic heterocycles. The normalized spacial score (nSPS) is 17.9. The van der Waals surface area contributed by atoms with Crippen LogP contribution in [0.3, 0.4) is 0 Å². The molecule has 0 spiro atoms. The number of sulfonamides is 1. The third-order valence-corrected chi connectivity index (χ3v) is 8.57. The summed E-state index contributed by atoms with van der Waals surface area (Å²) in [6.07, 6.45) is 2.92. The molecule has 2 heterocycles. The van der Waals surface area contributed by atoms with E-state index in [-0.39, 0.29) is 11.8 Å². The fourth-order valence-corrected chi connectivity index (χ4v) is 6.21. The number of rotatable bonds is 5. The first kappa shape index (κ1) is 22.8. The summed E-state index contributed by atoms with van der Waals surface area (Å²) in [5.41, 5.74) is 3.13. The summed E-state index contributed by atoms with van der Waals surface area (Å²) in [5.74, 6) is 0.974. The van der Waals surface area contributed by atoms with Gasteiger partial charge in [-0.25, -0.2) is 8.42 Å². The number of hydrogen-bond acceptors (Lipinski definition) is 4. The Morgan fingerprint density at radius 3 is 2.34 bits per heavy atom. The van der Waals surface area contributed by atoms with E-state index in [4.69, 9.17) is 4.74 Å². The second-order valence-corrected chi connectivity index (χ2v) is 10.9. The molecule has 0 aromatic heterocycles. The highest BCUT2D eigenvalue weighted by atomic mass is 32.2. The van der Waals surface area contributed by atoms with Crippen LogP contribution >= 0.6 is 0 Å². The van der Waals surface area contributed by atoms with Crippen molar-refractivity contribution in [1.82, 2.24) is 4.31 Å². The largest absolute Gasteiger partial charge is 0.495 e. The molecule has 1 fully saturated rings. The summed E-state index contributed by atoms with van der Waals surface area (Å²) < 4.78 is 33.3. The molecule has 2 aromatic rings. The SMILES string of the molecule is COc1cccc2c1N(C(=O)C1CCN(S(=O)(=O)c3ccc(C(C)C)cc3)CC1)CCC2. The van der Waals surface area contributed by atoms with E-state index >= 15 is 0 Å². The van der Waals surface area contributed by atoms with Crippen LogP contribution in [0.4, 0.5) is 5.69 Å². The Hall–Kier alpha value is -2.38. The lowest BCUT2D eigenvalue weighted by Gasteiger charge is -2.36. The van der Waals surface area contributed by atoms with Crippen LogP contribution in [-0.4, -0.2) is 45.4 Å². The summed E-state index contributed by atoms with van der Waals surface area (Å²) in [6, 6.07) is 13.1. The molecule has 0 aliphatic carbocycles. The van der Waals surface area contributed by atoms with Crippen LogP contribution in [-0.2, 0) is 21.2 Å². The molecule has 0 radical (unpaired) electrons. The highest BCUT2D eigenvalue weighted by Gasteiger charge is 2.36. The molecule has 4 rings (SSSR count). The van der Waals surface area contributed by atoms with E-state index in [2.05, 4.69) is 19.9 Å². The number of para-hydroxylation sites is 1. The zero-order valence-electron chi connectivity index (χ0n) is 19.1. The molecule has 1 saturated heterocycles. The maximum atomic E-state index is 13.4. The summed E-state index contributed by atoms with van der Waals surface area (Å²) in [6.45, 7) is 5.56. The summed E-state index contributed by atoms with van der Waals surface area (Å²) in [7, 11) is -1.92. The van der Waals surface area contributed by atoms with E-state index in [9.17, 15) is 13.2 Å². The Balaban J connectivity index is 1.46. The average molecular weight is 457 g/mol. The van der Waals surface area contributed by atoms with Crippen LogP contribution in [0.5, 0.6) is 5.75 Å². The van der Waals surface area contributed by atoms with E-state index in [0.29, 0.717) is 43.3 Å². The van der Waals surface area contributed by atoms with E-state index < -0.39 is 10.0 Å². The minimum Gasteiger partial charge on any atom is -0.495 e. The van der Waals surface area contributed by atoms with Crippen LogP contribution in [0.25, 0.3) is 0 Å². The smallest absolute Gasteiger partial charge is 0.243 e. The van der Waals surface area contributed by atoms with Crippen molar-refractivity contribution in [3.8, 4) is 5.75 Å². The highest BCUT2D eigenvalue weighted by molar-refractivity contribution is 7.89. The van der Waals surface area contributed by atoms with Gasteiger partial charge in [-0.05, 0) is 60.9 Å². The number of amides is 1. The molecule has 0 atom stereocenters. The summed E-state index contributed by atoms with van der Waals surface area (Å²) in [4.78, 5) is 15.6. The van der Waals surface area contributed by atoms with Crippen molar-refractivity contribution in [2.45, 2.75) is 50.3 Å². The van der Waals surface area contributed by atoms with E-state index in [1.807, 2.05) is 29.2 Å². The maximum Gasteiger partial charge on any atom is 0.243 e. The molecular weight excluding hydrogens is 424 g/mol. The standard InChI is InChI=1S/C25H32N2O4S/c1-18(2)19-9-11-22(12-10-19)32(29,30)26-16-13-21(14-17-26)25(28)27-15-5-7-20-6-4-8-23(31-3)24(20)27/h4,6,8-12,18,21H,5,7,13-17H2,1-3H3. The van der Waals surface area contributed by atoms with Crippen LogP contribution in [0.1, 0.15) is 50.2 Å². The first-order chi connectivity index (χ1) is 15.3. The molecule has 7 heteroatoms. The maximum absolute atomic E-state index is 13.4. The molecule has 32 heavy (non-hydrogen) atoms. The summed E-state index contributed by atoms with van der Waals surface area (Å²) in [5, 5.41) is 0. The van der Waals surface area contributed by atoms with Gasteiger partial charge >= 0.3 is 0 Å². The highest BCUT2D eigenvalue weighted by Crippen LogP contribution is 2.38. The van der Waals surface area contributed by atoms with Gasteiger partial charge < -0.3 is 9.64 Å². The third kappa shape index (κ3) is 4.28. The van der Waals surface area contributed by atoms with Gasteiger partial charge in [0.05, 0.1) is 17.7 Å². The fourth-order valence-electron chi connectivity index (χ4n) is 4.74. The third-order valence-electron chi connectivity index (χ3n) is 6.65. The molecule has 1 amide bonds. The minimum atomic E-state index is -3.55. The van der Waals surface area contributed by atoms with Gasteiger partial charge in [-0.2, -0.15) is 4.31 Å². The van der Waals surface area contributed by atoms with Gasteiger partial charge in [-0.1, -0.05) is 38.1 Å². The zero-order valence-corrected chi connectivity index (χ0v) is 19.9. The quantitative estimate of drug-likeness (QED) is 0.676. The van der Waals surface area contributed by atoms with Gasteiger partial charge in [0.15, 0.2) is 0 Å². The van der Waals surface area contributed by atoms with Gasteiger partial charge in [0.2, 0.25) is 15.9 Å². The van der Waals surface area contributed by atoms with E-state index in [1.54, 1.807) is 19.2 Å². The second-order valence-electron chi connectivity index (χ2n) is 8.96. The lowest BCUT2D eigenvalue weighted by molar-refractivity contribution is -0.123.